The summed E-state index contributed by atoms with van der Waals surface area (Å²) in [5.74, 6) is 0.581. The van der Waals surface area contributed by atoms with Crippen LogP contribution in [-0.2, 0) is 45.4 Å². The Morgan fingerprint density at radius 2 is 1.50 bits per heavy atom. The number of fused-ring (bicyclic) bond motifs is 1. The Morgan fingerprint density at radius 1 is 0.900 bits per heavy atom. The third-order valence-corrected chi connectivity index (χ3v) is 5.55. The van der Waals surface area contributed by atoms with Crippen LogP contribution >= 0.6 is 7.60 Å². The molecule has 0 heterocycles. The quantitative estimate of drug-likeness (QED) is 0.275. The van der Waals surface area contributed by atoms with Crippen molar-refractivity contribution in [3.63, 3.8) is 0 Å². The normalized spacial score (nSPS) is 13.1. The molecule has 0 spiro atoms. The van der Waals surface area contributed by atoms with Crippen molar-refractivity contribution in [3.05, 3.63) is 29.3 Å². The number of benzene rings is 1. The Balaban J connectivity index is 1.98. The maximum Gasteiger partial charge on any atom is 0.510 e. The van der Waals surface area contributed by atoms with Crippen LogP contribution in [0.15, 0.2) is 18.2 Å². The van der Waals surface area contributed by atoms with E-state index in [-0.39, 0.29) is 13.2 Å². The lowest BCUT2D eigenvalue weighted by Gasteiger charge is -2.22. The number of hydrogen-bond donors (Lipinski definition) is 0. The minimum absolute atomic E-state index is 0.114. The van der Waals surface area contributed by atoms with Gasteiger partial charge in [-0.1, -0.05) is 12.1 Å². The Bertz CT molecular complexity index is 723. The molecule has 1 aromatic rings. The van der Waals surface area contributed by atoms with Crippen LogP contribution in [0.5, 0.6) is 5.75 Å². The summed E-state index contributed by atoms with van der Waals surface area (Å²) in [7, 11) is -3.96. The van der Waals surface area contributed by atoms with E-state index in [4.69, 9.17) is 13.8 Å². The van der Waals surface area contributed by atoms with Crippen molar-refractivity contribution >= 4 is 19.9 Å². The summed E-state index contributed by atoms with van der Waals surface area (Å²) in [6.07, 6.45) is 1.53. The molecule has 168 valence electrons. The van der Waals surface area contributed by atoms with Crippen LogP contribution < -0.4 is 4.74 Å². The smallest absolute Gasteiger partial charge is 0.481 e. The second-order valence-electron chi connectivity index (χ2n) is 6.13. The molecule has 0 aliphatic heterocycles. The first kappa shape index (κ1) is 24.0. The van der Waals surface area contributed by atoms with E-state index in [2.05, 4.69) is 18.9 Å². The lowest BCUT2D eigenvalue weighted by molar-refractivity contribution is -0.0217. The van der Waals surface area contributed by atoms with Crippen molar-refractivity contribution < 1.29 is 46.9 Å². The van der Waals surface area contributed by atoms with Crippen molar-refractivity contribution in [1.82, 2.24) is 0 Å². The standard InChI is InChI=1S/C19H27O10P/c1-3-23-18(20)25-12-28-30(22,29-13-26-19(21)24-4-2)14-27-17-11-7-9-15-8-5-6-10-16(15)17/h7,9,11H,3-6,8,10,12-14H2,1-2H3. The van der Waals surface area contributed by atoms with E-state index >= 15 is 0 Å². The SMILES string of the molecule is CCOC(=O)OCOP(=O)(COc1cccc2c1CCCC2)OCOC(=O)OCC. The van der Waals surface area contributed by atoms with E-state index in [1.807, 2.05) is 12.1 Å². The molecule has 11 heteroatoms. The maximum atomic E-state index is 13.0. The van der Waals surface area contributed by atoms with Crippen LogP contribution in [0, 0.1) is 0 Å². The Morgan fingerprint density at radius 3 is 2.10 bits per heavy atom. The molecule has 0 saturated carbocycles. The van der Waals surface area contributed by atoms with Gasteiger partial charge in [0.25, 0.3) is 0 Å². The highest BCUT2D eigenvalue weighted by Gasteiger charge is 2.29. The zero-order valence-corrected chi connectivity index (χ0v) is 18.0. The molecule has 2 rings (SSSR count). The maximum absolute atomic E-state index is 13.0. The van der Waals surface area contributed by atoms with Gasteiger partial charge in [0, 0.05) is 0 Å². The number of carbonyl (C=O) groups is 2. The van der Waals surface area contributed by atoms with Gasteiger partial charge in [0.1, 0.15) is 5.75 Å². The molecule has 10 nitrogen and oxygen atoms in total. The molecular formula is C19H27O10P. The monoisotopic (exact) mass is 446 g/mol. The predicted molar refractivity (Wildman–Crippen MR) is 104 cm³/mol. The minimum Gasteiger partial charge on any atom is -0.481 e. The molecule has 0 amide bonds. The molecule has 0 N–H and O–H groups in total. The van der Waals surface area contributed by atoms with Gasteiger partial charge in [-0.2, -0.15) is 0 Å². The number of ether oxygens (including phenoxy) is 5. The van der Waals surface area contributed by atoms with Gasteiger partial charge < -0.3 is 23.7 Å². The zero-order valence-electron chi connectivity index (χ0n) is 17.1. The highest BCUT2D eigenvalue weighted by molar-refractivity contribution is 7.53. The largest absolute Gasteiger partial charge is 0.510 e. The van der Waals surface area contributed by atoms with E-state index in [1.165, 1.54) is 5.56 Å². The first-order valence-corrected chi connectivity index (χ1v) is 11.4. The summed E-state index contributed by atoms with van der Waals surface area (Å²) in [4.78, 5) is 22.5. The third kappa shape index (κ3) is 7.85. The molecule has 30 heavy (non-hydrogen) atoms. The van der Waals surface area contributed by atoms with E-state index in [1.54, 1.807) is 19.9 Å². The first-order valence-electron chi connectivity index (χ1n) is 9.68. The number of hydrogen-bond acceptors (Lipinski definition) is 10. The van der Waals surface area contributed by atoms with E-state index < -0.39 is 39.8 Å². The Labute approximate surface area is 175 Å². The molecular weight excluding hydrogens is 419 g/mol. The summed E-state index contributed by atoms with van der Waals surface area (Å²) in [6.45, 7) is 2.07. The second kappa shape index (κ2) is 12.4. The van der Waals surface area contributed by atoms with Gasteiger partial charge in [-0.05, 0) is 56.7 Å². The number of aryl methyl sites for hydroxylation is 1. The zero-order chi connectivity index (χ0) is 21.8. The molecule has 1 aliphatic rings. The fourth-order valence-electron chi connectivity index (χ4n) is 2.77. The highest BCUT2D eigenvalue weighted by Crippen LogP contribution is 2.48. The van der Waals surface area contributed by atoms with Crippen molar-refractivity contribution in [1.29, 1.82) is 0 Å². The van der Waals surface area contributed by atoms with Gasteiger partial charge >= 0.3 is 19.9 Å². The van der Waals surface area contributed by atoms with Gasteiger partial charge in [-0.15, -0.1) is 0 Å². The van der Waals surface area contributed by atoms with Crippen LogP contribution in [-0.4, -0.2) is 45.5 Å². The van der Waals surface area contributed by atoms with Crippen molar-refractivity contribution in [2.24, 2.45) is 0 Å². The van der Waals surface area contributed by atoms with Crippen LogP contribution in [0.4, 0.5) is 9.59 Å². The van der Waals surface area contributed by atoms with Crippen LogP contribution in [0.1, 0.15) is 37.8 Å². The summed E-state index contributed by atoms with van der Waals surface area (Å²) >= 11 is 0. The van der Waals surface area contributed by atoms with Crippen molar-refractivity contribution in [2.45, 2.75) is 39.5 Å². The van der Waals surface area contributed by atoms with Gasteiger partial charge in [0.2, 0.25) is 13.6 Å². The first-order chi connectivity index (χ1) is 14.5. The summed E-state index contributed by atoms with van der Waals surface area (Å²) < 4.78 is 47.5. The van der Waals surface area contributed by atoms with Gasteiger partial charge in [0.15, 0.2) is 6.35 Å². The third-order valence-electron chi connectivity index (χ3n) is 4.11. The highest BCUT2D eigenvalue weighted by atomic mass is 31.2. The average molecular weight is 446 g/mol. The van der Waals surface area contributed by atoms with E-state index in [9.17, 15) is 14.2 Å². The molecule has 0 unspecified atom stereocenters. The summed E-state index contributed by atoms with van der Waals surface area (Å²) in [5.41, 5.74) is 2.24. The predicted octanol–water partition coefficient (Wildman–Crippen LogP) is 4.39. The Hall–Kier alpha value is -2.29. The average Bonchev–Trinajstić information content (AvgIpc) is 2.73. The molecule has 0 fully saturated rings. The van der Waals surface area contributed by atoms with Crippen LogP contribution in [0.3, 0.4) is 0 Å². The lowest BCUT2D eigenvalue weighted by Crippen LogP contribution is -2.15. The van der Waals surface area contributed by atoms with Gasteiger partial charge in [-0.25, -0.2) is 9.59 Å². The lowest BCUT2D eigenvalue weighted by atomic mass is 9.91. The number of rotatable bonds is 11. The van der Waals surface area contributed by atoms with Crippen molar-refractivity contribution in [3.8, 4) is 5.75 Å². The number of carbonyl (C=O) groups excluding carboxylic acids is 2. The molecule has 1 aromatic carbocycles. The van der Waals surface area contributed by atoms with Gasteiger partial charge in [0.05, 0.1) is 13.2 Å². The van der Waals surface area contributed by atoms with Crippen LogP contribution in [0.2, 0.25) is 0 Å². The molecule has 0 aromatic heterocycles. The molecule has 1 aliphatic carbocycles. The fraction of sp³-hybridized carbons (Fsp3) is 0.579. The summed E-state index contributed by atoms with van der Waals surface area (Å²) in [6, 6.07) is 5.67. The van der Waals surface area contributed by atoms with Gasteiger partial charge in [-0.3, -0.25) is 13.6 Å². The minimum atomic E-state index is -3.96. The van der Waals surface area contributed by atoms with Crippen LogP contribution in [0.25, 0.3) is 0 Å². The van der Waals surface area contributed by atoms with E-state index in [0.29, 0.717) is 5.75 Å². The Kier molecular flexibility index (Phi) is 9.93. The molecule has 0 atom stereocenters. The molecule has 0 saturated heterocycles. The topological polar surface area (TPSA) is 116 Å². The molecule has 0 radical (unpaired) electrons. The molecule has 0 bridgehead atoms. The summed E-state index contributed by atoms with van der Waals surface area (Å²) in [5, 5.41) is 0. The second-order valence-corrected chi connectivity index (χ2v) is 8.13. The van der Waals surface area contributed by atoms with Crippen molar-refractivity contribution in [2.75, 3.05) is 33.1 Å². The van der Waals surface area contributed by atoms with E-state index in [0.717, 1.165) is 31.2 Å². The fourth-order valence-corrected chi connectivity index (χ4v) is 3.72.